The van der Waals surface area contributed by atoms with E-state index in [1.165, 1.54) is 6.07 Å². The van der Waals surface area contributed by atoms with Crippen molar-refractivity contribution in [2.75, 3.05) is 13.7 Å². The van der Waals surface area contributed by atoms with E-state index in [1.54, 1.807) is 19.2 Å². The highest BCUT2D eigenvalue weighted by atomic mass is 35.5. The minimum Gasteiger partial charge on any atom is -0.383 e. The van der Waals surface area contributed by atoms with Gasteiger partial charge in [0.05, 0.1) is 11.5 Å². The topological polar surface area (TPSA) is 64.4 Å². The molecule has 1 aromatic rings. The molecule has 0 radical (unpaired) electrons. The molecule has 0 heterocycles. The van der Waals surface area contributed by atoms with Crippen molar-refractivity contribution in [3.63, 3.8) is 0 Å². The Morgan fingerprint density at radius 1 is 1.47 bits per heavy atom. The molecule has 1 atom stereocenters. The van der Waals surface area contributed by atoms with Gasteiger partial charge >= 0.3 is 0 Å². The maximum absolute atomic E-state index is 11.0. The number of benzene rings is 1. The molecule has 0 aliphatic carbocycles. The molecule has 0 amide bonds. The maximum atomic E-state index is 11.0. The third kappa shape index (κ3) is 4.78. The van der Waals surface area contributed by atoms with Crippen LogP contribution < -0.4 is 5.32 Å². The van der Waals surface area contributed by atoms with E-state index in [1.807, 2.05) is 0 Å². The Bertz CT molecular complexity index is 438. The number of ether oxygens (including phenoxy) is 1. The lowest BCUT2D eigenvalue weighted by Crippen LogP contribution is -2.37. The van der Waals surface area contributed by atoms with Crippen LogP contribution in [-0.2, 0) is 11.3 Å². The van der Waals surface area contributed by atoms with Crippen LogP contribution in [0.3, 0.4) is 0 Å². The molecular formula is C13H19ClN2O3. The molecule has 0 saturated carbocycles. The van der Waals surface area contributed by atoms with Crippen molar-refractivity contribution in [2.24, 2.45) is 5.92 Å². The minimum absolute atomic E-state index is 0.0416. The molecule has 6 heteroatoms. The zero-order valence-electron chi connectivity index (χ0n) is 11.4. The van der Waals surface area contributed by atoms with E-state index in [-0.39, 0.29) is 11.7 Å². The van der Waals surface area contributed by atoms with E-state index >= 15 is 0 Å². The first kappa shape index (κ1) is 15.9. The number of hydrogen-bond donors (Lipinski definition) is 1. The van der Waals surface area contributed by atoms with Gasteiger partial charge in [0.1, 0.15) is 0 Å². The lowest BCUT2D eigenvalue weighted by Gasteiger charge is -2.21. The summed E-state index contributed by atoms with van der Waals surface area (Å²) in [5, 5.41) is 14.6. The molecule has 0 saturated heterocycles. The van der Waals surface area contributed by atoms with Gasteiger partial charge in [-0.25, -0.2) is 0 Å². The highest BCUT2D eigenvalue weighted by Gasteiger charge is 2.17. The third-order valence-electron chi connectivity index (χ3n) is 2.95. The maximum Gasteiger partial charge on any atom is 0.275 e. The summed E-state index contributed by atoms with van der Waals surface area (Å²) in [6.45, 7) is 5.14. The van der Waals surface area contributed by atoms with Crippen molar-refractivity contribution in [3.05, 3.63) is 38.9 Å². The Labute approximate surface area is 118 Å². The fourth-order valence-electron chi connectivity index (χ4n) is 1.76. The molecule has 1 aromatic carbocycles. The highest BCUT2D eigenvalue weighted by molar-refractivity contribution is 6.30. The van der Waals surface area contributed by atoms with Gasteiger partial charge < -0.3 is 10.1 Å². The number of methoxy groups -OCH3 is 1. The summed E-state index contributed by atoms with van der Waals surface area (Å²) >= 11 is 5.78. The summed E-state index contributed by atoms with van der Waals surface area (Å²) in [4.78, 5) is 10.6. The first-order chi connectivity index (χ1) is 8.95. The van der Waals surface area contributed by atoms with Gasteiger partial charge in [-0.3, -0.25) is 10.1 Å². The second kappa shape index (κ2) is 7.43. The van der Waals surface area contributed by atoms with Crippen LogP contribution in [0.15, 0.2) is 18.2 Å². The lowest BCUT2D eigenvalue weighted by atomic mass is 10.0. The fraction of sp³-hybridized carbons (Fsp3) is 0.538. The number of nitro benzene ring substituents is 1. The Morgan fingerprint density at radius 3 is 2.68 bits per heavy atom. The Hall–Kier alpha value is -1.17. The number of halogens is 1. The molecule has 0 aromatic heterocycles. The molecule has 0 fully saturated rings. The molecule has 1 rings (SSSR count). The summed E-state index contributed by atoms with van der Waals surface area (Å²) in [5.41, 5.74) is 0.663. The second-order valence-electron chi connectivity index (χ2n) is 4.72. The normalized spacial score (nSPS) is 12.7. The molecule has 5 nitrogen and oxygen atoms in total. The average molecular weight is 287 g/mol. The summed E-state index contributed by atoms with van der Waals surface area (Å²) < 4.78 is 5.13. The quantitative estimate of drug-likeness (QED) is 0.618. The SMILES string of the molecule is COCC(NCc1ccc(Cl)cc1[N+](=O)[O-])C(C)C. The molecule has 0 bridgehead atoms. The number of rotatable bonds is 7. The monoisotopic (exact) mass is 286 g/mol. The summed E-state index contributed by atoms with van der Waals surface area (Å²) in [6.07, 6.45) is 0. The first-order valence-electron chi connectivity index (χ1n) is 6.10. The predicted octanol–water partition coefficient (Wildman–Crippen LogP) is 3.01. The summed E-state index contributed by atoms with van der Waals surface area (Å²) in [6, 6.07) is 4.86. The van der Waals surface area contributed by atoms with Crippen molar-refractivity contribution in [2.45, 2.75) is 26.4 Å². The number of nitrogens with one attached hydrogen (secondary N) is 1. The number of hydrogen-bond acceptors (Lipinski definition) is 4. The van der Waals surface area contributed by atoms with Gasteiger partial charge in [0, 0.05) is 36.3 Å². The van der Waals surface area contributed by atoms with Gasteiger partial charge in [-0.2, -0.15) is 0 Å². The van der Waals surface area contributed by atoms with Crippen molar-refractivity contribution < 1.29 is 9.66 Å². The van der Waals surface area contributed by atoms with Gasteiger partial charge in [0.15, 0.2) is 0 Å². The van der Waals surface area contributed by atoms with Crippen molar-refractivity contribution in [1.82, 2.24) is 5.32 Å². The lowest BCUT2D eigenvalue weighted by molar-refractivity contribution is -0.385. The van der Waals surface area contributed by atoms with E-state index < -0.39 is 4.92 Å². The van der Waals surface area contributed by atoms with Crippen LogP contribution in [0.5, 0.6) is 0 Å². The van der Waals surface area contributed by atoms with Crippen molar-refractivity contribution >= 4 is 17.3 Å². The van der Waals surface area contributed by atoms with E-state index in [2.05, 4.69) is 19.2 Å². The Morgan fingerprint density at radius 2 is 2.16 bits per heavy atom. The smallest absolute Gasteiger partial charge is 0.275 e. The molecule has 1 N–H and O–H groups in total. The summed E-state index contributed by atoms with van der Waals surface area (Å²) in [5.74, 6) is 0.381. The van der Waals surface area contributed by atoms with Gasteiger partial charge in [-0.1, -0.05) is 25.4 Å². The van der Waals surface area contributed by atoms with Crippen LogP contribution in [0.2, 0.25) is 5.02 Å². The molecular weight excluding hydrogens is 268 g/mol. The zero-order chi connectivity index (χ0) is 14.4. The molecule has 0 aliphatic rings. The highest BCUT2D eigenvalue weighted by Crippen LogP contribution is 2.23. The van der Waals surface area contributed by atoms with Gasteiger partial charge in [0.25, 0.3) is 5.69 Å². The van der Waals surface area contributed by atoms with Gasteiger partial charge in [-0.15, -0.1) is 0 Å². The summed E-state index contributed by atoms with van der Waals surface area (Å²) in [7, 11) is 1.64. The predicted molar refractivity (Wildman–Crippen MR) is 75.4 cm³/mol. The van der Waals surface area contributed by atoms with Gasteiger partial charge in [0.2, 0.25) is 0 Å². The molecule has 0 aliphatic heterocycles. The van der Waals surface area contributed by atoms with Crippen molar-refractivity contribution in [3.8, 4) is 0 Å². The Balaban J connectivity index is 2.79. The van der Waals surface area contributed by atoms with Crippen LogP contribution in [-0.4, -0.2) is 24.7 Å². The standard InChI is InChI=1S/C13H19ClN2O3/c1-9(2)12(8-19-3)15-7-10-4-5-11(14)6-13(10)16(17)18/h4-6,9,12,15H,7-8H2,1-3H3. The van der Waals surface area contributed by atoms with Crippen LogP contribution in [0.4, 0.5) is 5.69 Å². The van der Waals surface area contributed by atoms with E-state index in [9.17, 15) is 10.1 Å². The van der Waals surface area contributed by atoms with Crippen LogP contribution in [0.25, 0.3) is 0 Å². The molecule has 1 unspecified atom stereocenters. The largest absolute Gasteiger partial charge is 0.383 e. The fourth-order valence-corrected chi connectivity index (χ4v) is 1.93. The zero-order valence-corrected chi connectivity index (χ0v) is 12.1. The van der Waals surface area contributed by atoms with E-state index in [0.717, 1.165) is 0 Å². The van der Waals surface area contributed by atoms with E-state index in [4.69, 9.17) is 16.3 Å². The van der Waals surface area contributed by atoms with Crippen molar-refractivity contribution in [1.29, 1.82) is 0 Å². The third-order valence-corrected chi connectivity index (χ3v) is 3.18. The number of nitrogens with zero attached hydrogens (tertiary/aromatic N) is 1. The minimum atomic E-state index is -0.413. The van der Waals surface area contributed by atoms with Gasteiger partial charge in [-0.05, 0) is 18.1 Å². The molecule has 19 heavy (non-hydrogen) atoms. The number of nitro groups is 1. The van der Waals surface area contributed by atoms with E-state index in [0.29, 0.717) is 29.7 Å². The second-order valence-corrected chi connectivity index (χ2v) is 5.15. The molecule has 106 valence electrons. The average Bonchev–Trinajstić information content (AvgIpc) is 2.35. The molecule has 0 spiro atoms. The van der Waals surface area contributed by atoms with Crippen LogP contribution >= 0.6 is 11.6 Å². The first-order valence-corrected chi connectivity index (χ1v) is 6.48. The van der Waals surface area contributed by atoms with Crippen LogP contribution in [0, 0.1) is 16.0 Å². The Kier molecular flexibility index (Phi) is 6.21. The van der Waals surface area contributed by atoms with Crippen LogP contribution in [0.1, 0.15) is 19.4 Å².